The van der Waals surface area contributed by atoms with Crippen molar-refractivity contribution in [1.29, 1.82) is 0 Å². The van der Waals surface area contributed by atoms with E-state index in [9.17, 15) is 20.3 Å². The summed E-state index contributed by atoms with van der Waals surface area (Å²) in [4.78, 5) is 10.7. The van der Waals surface area contributed by atoms with Gasteiger partial charge in [-0.25, -0.2) is 0 Å². The molecule has 3 N–H and O–H groups in total. The fourth-order valence-corrected chi connectivity index (χ4v) is 2.42. The molecule has 0 atom stereocenters. The number of nitrogens with zero attached hydrogens (tertiary/aromatic N) is 1. The molecule has 0 spiro atoms. The van der Waals surface area contributed by atoms with Crippen molar-refractivity contribution in [2.24, 2.45) is 0 Å². The summed E-state index contributed by atoms with van der Waals surface area (Å²) in [5.41, 5.74) is 2.63. The number of hydrogen-bond acceptors (Lipinski definition) is 6. The molecule has 7 nitrogen and oxygen atoms in total. The maximum absolute atomic E-state index is 11.2. The number of nitro benzene ring substituents is 1. The van der Waals surface area contributed by atoms with Gasteiger partial charge < -0.3 is 20.3 Å². The van der Waals surface area contributed by atoms with Crippen LogP contribution in [0.4, 0.5) is 11.4 Å². The van der Waals surface area contributed by atoms with Crippen molar-refractivity contribution in [2.45, 2.75) is 26.7 Å². The van der Waals surface area contributed by atoms with Gasteiger partial charge in [-0.3, -0.25) is 10.1 Å². The standard InChI is InChI=1S/C17H18N2O5S/c1-11-2-4-15(5-3-11)18-17(25)24-10-14-6-12(8-20)13(9-21)7-16(14)19(22)23/h2-7,20-21H,8-10H2,1H3,(H,18,25). The van der Waals surface area contributed by atoms with E-state index in [-0.39, 0.29) is 29.6 Å². The van der Waals surface area contributed by atoms with E-state index in [4.69, 9.17) is 17.0 Å². The fraction of sp³-hybridized carbons (Fsp3) is 0.235. The van der Waals surface area contributed by atoms with Gasteiger partial charge in [0.15, 0.2) is 0 Å². The van der Waals surface area contributed by atoms with Gasteiger partial charge in [-0.05, 0) is 48.5 Å². The van der Waals surface area contributed by atoms with Crippen LogP contribution in [0.2, 0.25) is 0 Å². The summed E-state index contributed by atoms with van der Waals surface area (Å²) >= 11 is 5.09. The summed E-state index contributed by atoms with van der Waals surface area (Å²) in [5.74, 6) is 0. The first kappa shape index (κ1) is 18.8. The first-order valence-electron chi connectivity index (χ1n) is 7.45. The maximum atomic E-state index is 11.2. The number of aliphatic hydroxyl groups excluding tert-OH is 2. The molecule has 0 aliphatic carbocycles. The van der Waals surface area contributed by atoms with Gasteiger partial charge in [0, 0.05) is 11.8 Å². The molecule has 0 heterocycles. The van der Waals surface area contributed by atoms with Gasteiger partial charge >= 0.3 is 0 Å². The van der Waals surface area contributed by atoms with Crippen LogP contribution in [0.25, 0.3) is 0 Å². The van der Waals surface area contributed by atoms with E-state index in [1.807, 2.05) is 31.2 Å². The third-order valence-electron chi connectivity index (χ3n) is 3.59. The van der Waals surface area contributed by atoms with Crippen LogP contribution >= 0.6 is 12.2 Å². The average Bonchev–Trinajstić information content (AvgIpc) is 2.60. The Morgan fingerprint density at radius 2 is 1.76 bits per heavy atom. The SMILES string of the molecule is Cc1ccc(NC(=S)OCc2cc(CO)c(CO)cc2[N+](=O)[O-])cc1. The number of aryl methyl sites for hydroxylation is 1. The molecule has 0 saturated carbocycles. The summed E-state index contributed by atoms with van der Waals surface area (Å²) in [5, 5.41) is 32.8. The largest absolute Gasteiger partial charge is 0.466 e. The molecule has 25 heavy (non-hydrogen) atoms. The molecule has 0 aliphatic rings. The molecule has 2 rings (SSSR count). The molecule has 0 bridgehead atoms. The summed E-state index contributed by atoms with van der Waals surface area (Å²) in [6.45, 7) is 1.09. The van der Waals surface area contributed by atoms with E-state index in [1.54, 1.807) is 0 Å². The zero-order chi connectivity index (χ0) is 18.4. The summed E-state index contributed by atoms with van der Waals surface area (Å²) in [7, 11) is 0. The molecular weight excluding hydrogens is 344 g/mol. The maximum Gasteiger partial charge on any atom is 0.276 e. The molecular formula is C17H18N2O5S. The van der Waals surface area contributed by atoms with E-state index in [0.29, 0.717) is 11.1 Å². The van der Waals surface area contributed by atoms with Crippen LogP contribution in [-0.4, -0.2) is 20.3 Å². The Morgan fingerprint density at radius 1 is 1.16 bits per heavy atom. The molecule has 0 fully saturated rings. The van der Waals surface area contributed by atoms with E-state index in [0.717, 1.165) is 11.3 Å². The van der Waals surface area contributed by atoms with Crippen molar-refractivity contribution >= 4 is 28.8 Å². The van der Waals surface area contributed by atoms with E-state index < -0.39 is 11.5 Å². The fourth-order valence-electron chi connectivity index (χ4n) is 2.24. The average molecular weight is 362 g/mol. The molecule has 2 aromatic rings. The van der Waals surface area contributed by atoms with Crippen molar-refractivity contribution in [1.82, 2.24) is 0 Å². The van der Waals surface area contributed by atoms with Gasteiger partial charge in [0.25, 0.3) is 10.9 Å². The van der Waals surface area contributed by atoms with Crippen LogP contribution in [0.15, 0.2) is 36.4 Å². The van der Waals surface area contributed by atoms with Crippen LogP contribution in [-0.2, 0) is 24.6 Å². The third-order valence-corrected chi connectivity index (χ3v) is 3.81. The van der Waals surface area contributed by atoms with Gasteiger partial charge in [-0.15, -0.1) is 0 Å². The van der Waals surface area contributed by atoms with Crippen LogP contribution < -0.4 is 5.32 Å². The Kier molecular flexibility index (Phi) is 6.40. The topological polar surface area (TPSA) is 105 Å². The second-order valence-electron chi connectivity index (χ2n) is 5.39. The molecule has 0 aliphatic heterocycles. The monoisotopic (exact) mass is 362 g/mol. The minimum Gasteiger partial charge on any atom is -0.466 e. The quantitative estimate of drug-likeness (QED) is 0.412. The van der Waals surface area contributed by atoms with Crippen LogP contribution in [0, 0.1) is 17.0 Å². The number of thiocarbonyl (C=S) groups is 1. The Labute approximate surface area is 150 Å². The van der Waals surface area contributed by atoms with Gasteiger partial charge in [0.05, 0.1) is 23.7 Å². The second-order valence-corrected chi connectivity index (χ2v) is 5.76. The van der Waals surface area contributed by atoms with Crippen molar-refractivity contribution in [3.05, 3.63) is 68.8 Å². The summed E-state index contributed by atoms with van der Waals surface area (Å²) < 4.78 is 5.40. The van der Waals surface area contributed by atoms with Gasteiger partial charge in [-0.2, -0.15) is 0 Å². The highest BCUT2D eigenvalue weighted by Gasteiger charge is 2.18. The normalized spacial score (nSPS) is 10.4. The van der Waals surface area contributed by atoms with Crippen molar-refractivity contribution in [3.63, 3.8) is 0 Å². The molecule has 8 heteroatoms. The van der Waals surface area contributed by atoms with Crippen LogP contribution in [0.5, 0.6) is 0 Å². The smallest absolute Gasteiger partial charge is 0.276 e. The predicted molar refractivity (Wildman–Crippen MR) is 97.1 cm³/mol. The Balaban J connectivity index is 2.11. The minimum absolute atomic E-state index is 0.0786. The van der Waals surface area contributed by atoms with Gasteiger partial charge in [0.2, 0.25) is 0 Å². The lowest BCUT2D eigenvalue weighted by atomic mass is 10.0. The number of nitrogens with one attached hydrogen (secondary N) is 1. The minimum atomic E-state index is -0.560. The highest BCUT2D eigenvalue weighted by molar-refractivity contribution is 7.80. The van der Waals surface area contributed by atoms with E-state index in [1.165, 1.54) is 12.1 Å². The predicted octanol–water partition coefficient (Wildman–Crippen LogP) is 2.80. The molecule has 0 unspecified atom stereocenters. The zero-order valence-electron chi connectivity index (χ0n) is 13.6. The number of benzene rings is 2. The number of ether oxygens (including phenoxy) is 1. The molecule has 2 aromatic carbocycles. The van der Waals surface area contributed by atoms with Gasteiger partial charge in [0.1, 0.15) is 6.61 Å². The van der Waals surface area contributed by atoms with Gasteiger partial charge in [-0.1, -0.05) is 17.7 Å². The number of hydrogen-bond donors (Lipinski definition) is 3. The Morgan fingerprint density at radius 3 is 2.32 bits per heavy atom. The van der Waals surface area contributed by atoms with E-state index in [2.05, 4.69) is 5.32 Å². The third kappa shape index (κ3) is 4.96. The second kappa shape index (κ2) is 8.52. The van der Waals surface area contributed by atoms with Crippen LogP contribution in [0.3, 0.4) is 0 Å². The lowest BCUT2D eigenvalue weighted by Crippen LogP contribution is -2.14. The molecule has 0 radical (unpaired) electrons. The van der Waals surface area contributed by atoms with Crippen molar-refractivity contribution in [3.8, 4) is 0 Å². The molecule has 132 valence electrons. The van der Waals surface area contributed by atoms with Crippen molar-refractivity contribution < 1.29 is 19.9 Å². The lowest BCUT2D eigenvalue weighted by Gasteiger charge is -2.12. The zero-order valence-corrected chi connectivity index (χ0v) is 14.4. The van der Waals surface area contributed by atoms with Crippen LogP contribution in [0.1, 0.15) is 22.3 Å². The summed E-state index contributed by atoms with van der Waals surface area (Å²) in [6, 6.07) is 10.2. The first-order chi connectivity index (χ1) is 11.9. The highest BCUT2D eigenvalue weighted by Crippen LogP contribution is 2.25. The molecule has 0 saturated heterocycles. The Bertz CT molecular complexity index is 777. The van der Waals surface area contributed by atoms with Crippen molar-refractivity contribution in [2.75, 3.05) is 5.32 Å². The number of nitro groups is 1. The van der Waals surface area contributed by atoms with E-state index >= 15 is 0 Å². The molecule has 0 aromatic heterocycles. The first-order valence-corrected chi connectivity index (χ1v) is 7.86. The number of aliphatic hydroxyl groups is 2. The lowest BCUT2D eigenvalue weighted by molar-refractivity contribution is -0.385. The number of rotatable bonds is 6. The summed E-state index contributed by atoms with van der Waals surface area (Å²) in [6.07, 6.45) is 0. The number of anilines is 1. The highest BCUT2D eigenvalue weighted by atomic mass is 32.1. The Hall–Kier alpha value is -2.55. The molecule has 0 amide bonds.